The van der Waals surface area contributed by atoms with Crippen molar-refractivity contribution >= 4 is 11.6 Å². The highest BCUT2D eigenvalue weighted by atomic mass is 16.1. The molecule has 31 heavy (non-hydrogen) atoms. The van der Waals surface area contributed by atoms with Crippen molar-refractivity contribution in [1.29, 1.82) is 0 Å². The lowest BCUT2D eigenvalue weighted by Crippen LogP contribution is -2.63. The minimum atomic E-state index is 0.176. The first-order valence-corrected chi connectivity index (χ1v) is 11.6. The van der Waals surface area contributed by atoms with E-state index in [1.807, 2.05) is 36.4 Å². The average molecular weight is 421 g/mol. The highest BCUT2D eigenvalue weighted by Crippen LogP contribution is 2.51. The first-order chi connectivity index (χ1) is 14.7. The van der Waals surface area contributed by atoms with Crippen molar-refractivity contribution in [2.45, 2.75) is 53.4 Å². The summed E-state index contributed by atoms with van der Waals surface area (Å²) in [5.74, 6) is 1.77. The van der Waals surface area contributed by atoms with Crippen molar-refractivity contribution in [3.8, 4) is 11.3 Å². The summed E-state index contributed by atoms with van der Waals surface area (Å²) >= 11 is 0. The molecule has 2 heterocycles. The molecule has 0 bridgehead atoms. The quantitative estimate of drug-likeness (QED) is 0.662. The number of hydrogen-bond acceptors (Lipinski definition) is 5. The maximum atomic E-state index is 11.2. The predicted molar refractivity (Wildman–Crippen MR) is 126 cm³/mol. The molecule has 0 radical (unpaired) electrons. The third kappa shape index (κ3) is 5.70. The molecule has 5 heteroatoms. The summed E-state index contributed by atoms with van der Waals surface area (Å²) in [4.78, 5) is 13.9. The topological polar surface area (TPSA) is 58.1 Å². The van der Waals surface area contributed by atoms with Crippen LogP contribution in [0.4, 0.5) is 5.82 Å². The standard InChI is InChI=1S/C26H36N4O/c1-19(31)13-20-5-7-22(8-6-20)23-9-10-24(29-28-23)27-16-21-14-26(15-21)17-30(18-26)12-11-25(2,3)4/h5-10,21H,11-18H2,1-4H3,(H,27,29). The van der Waals surface area contributed by atoms with E-state index < -0.39 is 0 Å². The van der Waals surface area contributed by atoms with E-state index in [1.54, 1.807) is 6.92 Å². The zero-order valence-electron chi connectivity index (χ0n) is 19.4. The molecule has 1 saturated heterocycles. The fourth-order valence-electron chi connectivity index (χ4n) is 5.03. The molecule has 1 saturated carbocycles. The number of Topliss-reactive ketones (excluding diaryl/α,β-unsaturated/α-hetero) is 1. The Morgan fingerprint density at radius 3 is 2.39 bits per heavy atom. The molecule has 1 N–H and O–H groups in total. The molecule has 1 aromatic carbocycles. The minimum Gasteiger partial charge on any atom is -0.368 e. The summed E-state index contributed by atoms with van der Waals surface area (Å²) in [7, 11) is 0. The highest BCUT2D eigenvalue weighted by Gasteiger charge is 2.51. The fraction of sp³-hybridized carbons (Fsp3) is 0.577. The number of ketones is 1. The van der Waals surface area contributed by atoms with Crippen LogP contribution in [0.1, 0.15) is 52.5 Å². The number of hydrogen-bond donors (Lipinski definition) is 1. The second kappa shape index (κ2) is 8.70. The van der Waals surface area contributed by atoms with Gasteiger partial charge in [-0.25, -0.2) is 0 Å². The van der Waals surface area contributed by atoms with Gasteiger partial charge in [0.05, 0.1) is 5.69 Å². The van der Waals surface area contributed by atoms with Gasteiger partial charge in [-0.05, 0) is 67.2 Å². The Morgan fingerprint density at radius 1 is 1.10 bits per heavy atom. The van der Waals surface area contributed by atoms with E-state index in [1.165, 1.54) is 38.9 Å². The molecule has 2 aromatic rings. The van der Waals surface area contributed by atoms with Crippen LogP contribution in [0.15, 0.2) is 36.4 Å². The van der Waals surface area contributed by atoms with Crippen molar-refractivity contribution in [3.63, 3.8) is 0 Å². The lowest BCUT2D eigenvalue weighted by Gasteiger charge is -2.59. The molecule has 166 valence electrons. The highest BCUT2D eigenvalue weighted by molar-refractivity contribution is 5.78. The van der Waals surface area contributed by atoms with Crippen molar-refractivity contribution < 1.29 is 4.79 Å². The summed E-state index contributed by atoms with van der Waals surface area (Å²) in [6.45, 7) is 13.4. The number of nitrogens with one attached hydrogen (secondary N) is 1. The molecular formula is C26H36N4O. The number of aromatic nitrogens is 2. The summed E-state index contributed by atoms with van der Waals surface area (Å²) in [5.41, 5.74) is 3.95. The van der Waals surface area contributed by atoms with Crippen LogP contribution in [0.25, 0.3) is 11.3 Å². The minimum absolute atomic E-state index is 0.176. The maximum absolute atomic E-state index is 11.2. The van der Waals surface area contributed by atoms with E-state index in [-0.39, 0.29) is 5.78 Å². The van der Waals surface area contributed by atoms with Crippen LogP contribution in [0.3, 0.4) is 0 Å². The van der Waals surface area contributed by atoms with E-state index in [0.29, 0.717) is 17.3 Å². The van der Waals surface area contributed by atoms with Crippen molar-refractivity contribution in [3.05, 3.63) is 42.0 Å². The number of rotatable bonds is 8. The molecule has 0 amide bonds. The van der Waals surface area contributed by atoms with Crippen molar-refractivity contribution in [1.82, 2.24) is 15.1 Å². The van der Waals surface area contributed by atoms with Gasteiger partial charge >= 0.3 is 0 Å². The Balaban J connectivity index is 1.19. The first-order valence-electron chi connectivity index (χ1n) is 11.6. The third-order valence-corrected chi connectivity index (χ3v) is 6.68. The van der Waals surface area contributed by atoms with Gasteiger partial charge in [-0.3, -0.25) is 4.79 Å². The molecule has 2 fully saturated rings. The molecule has 1 aromatic heterocycles. The third-order valence-electron chi connectivity index (χ3n) is 6.68. The lowest BCUT2D eigenvalue weighted by molar-refractivity contribution is -0.116. The van der Waals surface area contributed by atoms with E-state index in [2.05, 4.69) is 41.2 Å². The van der Waals surface area contributed by atoms with Gasteiger partial charge in [-0.1, -0.05) is 45.0 Å². The number of carbonyl (C=O) groups is 1. The Hall–Kier alpha value is -2.27. The summed E-state index contributed by atoms with van der Waals surface area (Å²) in [6, 6.07) is 12.0. The van der Waals surface area contributed by atoms with Gasteiger partial charge in [0, 0.05) is 31.6 Å². The van der Waals surface area contributed by atoms with Crippen molar-refractivity contribution in [2.75, 3.05) is 31.5 Å². The molecule has 0 unspecified atom stereocenters. The van der Waals surface area contributed by atoms with Gasteiger partial charge in [0.15, 0.2) is 0 Å². The summed E-state index contributed by atoms with van der Waals surface area (Å²) in [5, 5.41) is 12.2. The fourth-order valence-corrected chi connectivity index (χ4v) is 5.03. The van der Waals surface area contributed by atoms with Crippen molar-refractivity contribution in [2.24, 2.45) is 16.7 Å². The largest absolute Gasteiger partial charge is 0.368 e. The second-order valence-electron chi connectivity index (χ2n) is 11.1. The molecule has 1 spiro atoms. The molecule has 0 atom stereocenters. The normalized spacial score (nSPS) is 18.5. The van der Waals surface area contributed by atoms with Gasteiger partial charge in [-0.15, -0.1) is 10.2 Å². The Labute approximate surface area is 186 Å². The number of anilines is 1. The number of nitrogens with zero attached hydrogens (tertiary/aromatic N) is 3. The number of likely N-dealkylation sites (tertiary alicyclic amines) is 1. The van der Waals surface area contributed by atoms with Gasteiger partial charge in [0.25, 0.3) is 0 Å². The van der Waals surface area contributed by atoms with E-state index in [9.17, 15) is 4.79 Å². The molecule has 1 aliphatic carbocycles. The second-order valence-corrected chi connectivity index (χ2v) is 11.1. The van der Waals surface area contributed by atoms with Gasteiger partial charge in [0.1, 0.15) is 11.6 Å². The van der Waals surface area contributed by atoms with E-state index >= 15 is 0 Å². The molecule has 1 aliphatic heterocycles. The Bertz CT molecular complexity index is 884. The van der Waals surface area contributed by atoms with Crippen LogP contribution < -0.4 is 5.32 Å². The molecule has 4 rings (SSSR count). The summed E-state index contributed by atoms with van der Waals surface area (Å²) in [6.07, 6.45) is 4.44. The SMILES string of the molecule is CC(=O)Cc1ccc(-c2ccc(NCC3CC4(C3)CN(CCC(C)(C)C)C4)nn2)cc1. The van der Waals surface area contributed by atoms with Gasteiger partial charge in [0.2, 0.25) is 0 Å². The monoisotopic (exact) mass is 420 g/mol. The Kier molecular flexibility index (Phi) is 6.16. The van der Waals surface area contributed by atoms with E-state index in [4.69, 9.17) is 0 Å². The predicted octanol–water partition coefficient (Wildman–Crippen LogP) is 4.84. The lowest BCUT2D eigenvalue weighted by atomic mass is 9.57. The maximum Gasteiger partial charge on any atom is 0.148 e. The smallest absolute Gasteiger partial charge is 0.148 e. The van der Waals surface area contributed by atoms with E-state index in [0.717, 1.165) is 35.1 Å². The van der Waals surface area contributed by atoms with Crippen LogP contribution in [0, 0.1) is 16.7 Å². The molecular weight excluding hydrogens is 384 g/mol. The number of benzene rings is 1. The Morgan fingerprint density at radius 2 is 1.81 bits per heavy atom. The summed E-state index contributed by atoms with van der Waals surface area (Å²) < 4.78 is 0. The van der Waals surface area contributed by atoms with Gasteiger partial charge < -0.3 is 10.2 Å². The van der Waals surface area contributed by atoms with Crippen LogP contribution in [-0.2, 0) is 11.2 Å². The van der Waals surface area contributed by atoms with Gasteiger partial charge in [-0.2, -0.15) is 0 Å². The average Bonchev–Trinajstić information content (AvgIpc) is 2.65. The zero-order chi connectivity index (χ0) is 22.1. The van der Waals surface area contributed by atoms with Crippen LogP contribution >= 0.6 is 0 Å². The number of carbonyl (C=O) groups excluding carboxylic acids is 1. The van der Waals surface area contributed by atoms with Crippen LogP contribution in [0.2, 0.25) is 0 Å². The first kappa shape index (κ1) is 21.9. The zero-order valence-corrected chi connectivity index (χ0v) is 19.4. The molecule has 5 nitrogen and oxygen atoms in total. The van der Waals surface area contributed by atoms with Crippen LogP contribution in [-0.4, -0.2) is 47.1 Å². The molecule has 2 aliphatic rings. The van der Waals surface area contributed by atoms with Crippen LogP contribution in [0.5, 0.6) is 0 Å².